The van der Waals surface area contributed by atoms with Crippen LogP contribution in [-0.4, -0.2) is 31.6 Å². The molecule has 0 radical (unpaired) electrons. The lowest BCUT2D eigenvalue weighted by Crippen LogP contribution is -2.35. The van der Waals surface area contributed by atoms with E-state index >= 15 is 0 Å². The van der Waals surface area contributed by atoms with Crippen molar-refractivity contribution in [2.75, 3.05) is 26.7 Å². The minimum atomic E-state index is 0.588. The molecule has 0 amide bonds. The van der Waals surface area contributed by atoms with Gasteiger partial charge < -0.3 is 5.32 Å². The van der Waals surface area contributed by atoms with Gasteiger partial charge in [0.05, 0.1) is 0 Å². The van der Waals surface area contributed by atoms with Crippen LogP contribution in [0, 0.1) is 12.8 Å². The van der Waals surface area contributed by atoms with E-state index in [0.29, 0.717) is 5.92 Å². The first-order valence-corrected chi connectivity index (χ1v) is 11.1. The fraction of sp³-hybridized carbons (Fsp3) is 0.538. The average Bonchev–Trinajstić information content (AvgIpc) is 2.71. The molecule has 0 bridgehead atoms. The van der Waals surface area contributed by atoms with Gasteiger partial charge in [0.2, 0.25) is 0 Å². The van der Waals surface area contributed by atoms with Crippen molar-refractivity contribution >= 4 is 11.3 Å². The minimum Gasteiger partial charge on any atom is -0.388 e. The van der Waals surface area contributed by atoms with Gasteiger partial charge in [-0.1, -0.05) is 58.0 Å². The van der Waals surface area contributed by atoms with Gasteiger partial charge in [-0.05, 0) is 73.4 Å². The quantitative estimate of drug-likeness (QED) is 0.558. The van der Waals surface area contributed by atoms with Crippen LogP contribution >= 0.6 is 0 Å². The molecule has 1 aliphatic heterocycles. The van der Waals surface area contributed by atoms with E-state index in [-0.39, 0.29) is 0 Å². The van der Waals surface area contributed by atoms with Crippen LogP contribution in [0.5, 0.6) is 0 Å². The summed E-state index contributed by atoms with van der Waals surface area (Å²) in [5, 5.41) is 3.45. The van der Waals surface area contributed by atoms with Crippen molar-refractivity contribution in [1.82, 2.24) is 10.2 Å². The number of hydrogen-bond donors (Lipinski definition) is 1. The Morgan fingerprint density at radius 2 is 1.96 bits per heavy atom. The van der Waals surface area contributed by atoms with Crippen LogP contribution in [0.3, 0.4) is 0 Å². The summed E-state index contributed by atoms with van der Waals surface area (Å²) >= 11 is 0. The molecule has 0 saturated carbocycles. The van der Waals surface area contributed by atoms with Gasteiger partial charge in [-0.25, -0.2) is 0 Å². The van der Waals surface area contributed by atoms with E-state index in [4.69, 9.17) is 0 Å². The first-order chi connectivity index (χ1) is 13.5. The van der Waals surface area contributed by atoms with Crippen molar-refractivity contribution in [1.29, 1.82) is 0 Å². The molecule has 0 spiro atoms. The van der Waals surface area contributed by atoms with Crippen LogP contribution in [0.15, 0.2) is 41.5 Å². The minimum absolute atomic E-state index is 0.588. The van der Waals surface area contributed by atoms with Gasteiger partial charge in [0, 0.05) is 31.4 Å². The molecule has 1 atom stereocenters. The molecule has 0 aromatic heterocycles. The summed E-state index contributed by atoms with van der Waals surface area (Å²) in [6.45, 7) is 17.0. The number of nitrogens with zero attached hydrogens (tertiary/aromatic N) is 1. The van der Waals surface area contributed by atoms with E-state index in [9.17, 15) is 0 Å². The molecule has 1 N–H and O–H groups in total. The molecular weight excluding hydrogens is 340 g/mol. The normalized spacial score (nSPS) is 18.7. The second kappa shape index (κ2) is 10.7. The fourth-order valence-corrected chi connectivity index (χ4v) is 4.36. The van der Waals surface area contributed by atoms with Crippen LogP contribution in [0.25, 0.3) is 11.3 Å². The van der Waals surface area contributed by atoms with E-state index < -0.39 is 0 Å². The average molecular weight is 381 g/mol. The van der Waals surface area contributed by atoms with Crippen molar-refractivity contribution in [3.05, 3.63) is 58.2 Å². The maximum absolute atomic E-state index is 3.45. The zero-order chi connectivity index (χ0) is 20.7. The molecule has 1 aromatic rings. The molecule has 2 nitrogen and oxygen atoms in total. The van der Waals surface area contributed by atoms with Crippen LogP contribution in [-0.2, 0) is 0 Å². The zero-order valence-electron chi connectivity index (χ0n) is 19.2. The topological polar surface area (TPSA) is 15.3 Å². The summed E-state index contributed by atoms with van der Waals surface area (Å²) in [4.78, 5) is 2.62. The maximum Gasteiger partial charge on any atom is 0.0376 e. The summed E-state index contributed by atoms with van der Waals surface area (Å²) in [5.74, 6) is 0.588. The highest BCUT2D eigenvalue weighted by atomic mass is 15.1. The van der Waals surface area contributed by atoms with Gasteiger partial charge in [-0.3, -0.25) is 4.90 Å². The highest BCUT2D eigenvalue weighted by molar-refractivity contribution is 5.90. The molecule has 1 unspecified atom stereocenters. The number of allylic oxidation sites excluding steroid dienone is 2. The summed E-state index contributed by atoms with van der Waals surface area (Å²) in [6, 6.07) is 6.75. The second-order valence-electron chi connectivity index (χ2n) is 8.01. The number of rotatable bonds is 8. The molecule has 1 aliphatic rings. The number of hydrogen-bond acceptors (Lipinski definition) is 2. The molecule has 2 rings (SSSR count). The lowest BCUT2D eigenvalue weighted by atomic mass is 9.79. The third-order valence-corrected chi connectivity index (χ3v) is 6.02. The molecule has 0 aliphatic carbocycles. The second-order valence-corrected chi connectivity index (χ2v) is 8.01. The molecular formula is C26H40N2. The highest BCUT2D eigenvalue weighted by Crippen LogP contribution is 2.40. The first-order valence-electron chi connectivity index (χ1n) is 11.1. The predicted molar refractivity (Wildman–Crippen MR) is 125 cm³/mol. The van der Waals surface area contributed by atoms with Crippen molar-refractivity contribution in [3.8, 4) is 0 Å². The summed E-state index contributed by atoms with van der Waals surface area (Å²) in [5.41, 5.74) is 9.97. The molecule has 1 aromatic carbocycles. The standard InChI is InChI=1S/C26H40N2/c1-8-13-24(27-7)22-15-12-14-20(6)25(22)26-21(11-4)17-28(16-9-2)18-23(26)19(5)10-3/h11-15,19,27H,8-10,16-18H2,1-7H3/b21-11+,24-13-. The molecule has 0 saturated heterocycles. The summed E-state index contributed by atoms with van der Waals surface area (Å²) < 4.78 is 0. The fourth-order valence-electron chi connectivity index (χ4n) is 4.36. The van der Waals surface area contributed by atoms with Crippen molar-refractivity contribution in [2.45, 2.75) is 60.8 Å². The zero-order valence-corrected chi connectivity index (χ0v) is 19.2. The van der Waals surface area contributed by atoms with Gasteiger partial charge in [0.1, 0.15) is 0 Å². The molecule has 1 heterocycles. The Bertz CT molecular complexity index is 752. The van der Waals surface area contributed by atoms with Crippen LogP contribution in [0.1, 0.15) is 70.6 Å². The smallest absolute Gasteiger partial charge is 0.0376 e. The third kappa shape index (κ3) is 4.78. The highest BCUT2D eigenvalue weighted by Gasteiger charge is 2.28. The van der Waals surface area contributed by atoms with Gasteiger partial charge in [0.25, 0.3) is 0 Å². The third-order valence-electron chi connectivity index (χ3n) is 6.02. The first kappa shape index (κ1) is 22.5. The molecule has 2 heteroatoms. The Hall–Kier alpha value is -1.80. The van der Waals surface area contributed by atoms with Crippen molar-refractivity contribution < 1.29 is 0 Å². The Balaban J connectivity index is 2.79. The largest absolute Gasteiger partial charge is 0.388 e. The van der Waals surface area contributed by atoms with E-state index in [1.54, 1.807) is 5.57 Å². The van der Waals surface area contributed by atoms with E-state index in [0.717, 1.165) is 19.5 Å². The van der Waals surface area contributed by atoms with Crippen molar-refractivity contribution in [2.24, 2.45) is 5.92 Å². The SMILES string of the molecule is C/C=C1\CN(CCC)CC(C(C)CC)=C1c1c(C)cccc1/C(=C/CC)NC. The number of aryl methyl sites for hydroxylation is 1. The van der Waals surface area contributed by atoms with Gasteiger partial charge in [0.15, 0.2) is 0 Å². The van der Waals surface area contributed by atoms with Crippen LogP contribution in [0.2, 0.25) is 0 Å². The Morgan fingerprint density at radius 3 is 2.54 bits per heavy atom. The van der Waals surface area contributed by atoms with Gasteiger partial charge in [-0.15, -0.1) is 0 Å². The molecule has 154 valence electrons. The molecule has 28 heavy (non-hydrogen) atoms. The Morgan fingerprint density at radius 1 is 1.21 bits per heavy atom. The van der Waals surface area contributed by atoms with E-state index in [1.165, 1.54) is 52.9 Å². The Labute approximate surface area is 173 Å². The monoisotopic (exact) mass is 380 g/mol. The lowest BCUT2D eigenvalue weighted by molar-refractivity contribution is 0.306. The lowest BCUT2D eigenvalue weighted by Gasteiger charge is -2.36. The maximum atomic E-state index is 3.45. The number of nitrogens with one attached hydrogen (secondary N) is 1. The summed E-state index contributed by atoms with van der Waals surface area (Å²) in [6.07, 6.45) is 8.07. The predicted octanol–water partition coefficient (Wildman–Crippen LogP) is 6.44. The molecule has 0 fully saturated rings. The van der Waals surface area contributed by atoms with Gasteiger partial charge >= 0.3 is 0 Å². The number of benzene rings is 1. The van der Waals surface area contributed by atoms with Crippen LogP contribution in [0.4, 0.5) is 0 Å². The van der Waals surface area contributed by atoms with E-state index in [2.05, 4.69) is 82.1 Å². The van der Waals surface area contributed by atoms with Crippen LogP contribution < -0.4 is 5.32 Å². The summed E-state index contributed by atoms with van der Waals surface area (Å²) in [7, 11) is 2.04. The van der Waals surface area contributed by atoms with Crippen molar-refractivity contribution in [3.63, 3.8) is 0 Å². The van der Waals surface area contributed by atoms with Gasteiger partial charge in [-0.2, -0.15) is 0 Å². The van der Waals surface area contributed by atoms with E-state index in [1.807, 2.05) is 7.05 Å². The Kier molecular flexibility index (Phi) is 8.57.